The lowest BCUT2D eigenvalue weighted by Crippen LogP contribution is -2.52. The average molecular weight is 506 g/mol. The van der Waals surface area contributed by atoms with E-state index in [1.165, 1.54) is 0 Å². The third-order valence-electron chi connectivity index (χ3n) is 7.16. The van der Waals surface area contributed by atoms with E-state index >= 15 is 0 Å². The van der Waals surface area contributed by atoms with Crippen LogP contribution in [-0.4, -0.2) is 31.3 Å². The van der Waals surface area contributed by atoms with Crippen molar-refractivity contribution in [3.05, 3.63) is 90.9 Å². The summed E-state index contributed by atoms with van der Waals surface area (Å²) < 4.78 is 7.71. The number of amides is 1. The standard InChI is InChI=1S/C31H31N5O2/c1-30(2,3)38-29(37)35-31(16-8-17-31)24-14-12-21(13-15-24)26-27(22-9-5-4-6-10-22)36-18-7-11-25(28(36)34-26)23-19-32-33-20-23/h4-7,9-15,18-20H,8,16-17H2,1-3H3,(H,32,33)(H,35,37). The van der Waals surface area contributed by atoms with E-state index < -0.39 is 11.1 Å². The number of alkyl carbamates (subject to hydrolysis) is 1. The molecule has 0 atom stereocenters. The Hall–Kier alpha value is -4.39. The van der Waals surface area contributed by atoms with Gasteiger partial charge in [0.1, 0.15) is 11.2 Å². The summed E-state index contributed by atoms with van der Waals surface area (Å²) in [5, 5.41) is 10.2. The van der Waals surface area contributed by atoms with Gasteiger partial charge in [0.2, 0.25) is 0 Å². The lowest BCUT2D eigenvalue weighted by molar-refractivity contribution is 0.0377. The summed E-state index contributed by atoms with van der Waals surface area (Å²) in [5.41, 5.74) is 7.06. The summed E-state index contributed by atoms with van der Waals surface area (Å²) in [4.78, 5) is 17.8. The van der Waals surface area contributed by atoms with Gasteiger partial charge in [-0.05, 0) is 57.7 Å². The number of aromatic nitrogens is 4. The highest BCUT2D eigenvalue weighted by atomic mass is 16.6. The van der Waals surface area contributed by atoms with Gasteiger partial charge < -0.3 is 10.1 Å². The van der Waals surface area contributed by atoms with Crippen LogP contribution in [0.2, 0.25) is 0 Å². The van der Waals surface area contributed by atoms with Gasteiger partial charge in [-0.1, -0.05) is 54.6 Å². The number of nitrogens with one attached hydrogen (secondary N) is 2. The predicted octanol–water partition coefficient (Wildman–Crippen LogP) is 6.96. The van der Waals surface area contributed by atoms with Crippen LogP contribution in [0.3, 0.4) is 0 Å². The molecule has 0 bridgehead atoms. The number of hydrogen-bond donors (Lipinski definition) is 2. The first kappa shape index (κ1) is 24.0. The highest BCUT2D eigenvalue weighted by Crippen LogP contribution is 2.43. The molecule has 2 aromatic carbocycles. The number of pyridine rings is 1. The molecule has 1 saturated carbocycles. The van der Waals surface area contributed by atoms with Gasteiger partial charge in [0.25, 0.3) is 0 Å². The van der Waals surface area contributed by atoms with Crippen LogP contribution in [0.5, 0.6) is 0 Å². The number of fused-ring (bicyclic) bond motifs is 1. The van der Waals surface area contributed by atoms with Crippen LogP contribution in [0.1, 0.15) is 45.6 Å². The van der Waals surface area contributed by atoms with Gasteiger partial charge in [0.05, 0.1) is 23.1 Å². The number of hydrogen-bond acceptors (Lipinski definition) is 4. The molecule has 7 nitrogen and oxygen atoms in total. The number of carbonyl (C=O) groups is 1. The van der Waals surface area contributed by atoms with Crippen molar-refractivity contribution in [2.45, 2.75) is 51.2 Å². The molecule has 38 heavy (non-hydrogen) atoms. The van der Waals surface area contributed by atoms with Crippen molar-refractivity contribution in [1.29, 1.82) is 0 Å². The maximum Gasteiger partial charge on any atom is 0.408 e. The highest BCUT2D eigenvalue weighted by Gasteiger charge is 2.41. The average Bonchev–Trinajstić information content (AvgIpc) is 3.54. The van der Waals surface area contributed by atoms with E-state index in [0.29, 0.717) is 0 Å². The minimum Gasteiger partial charge on any atom is -0.444 e. The Kier molecular flexibility index (Phi) is 5.79. The van der Waals surface area contributed by atoms with E-state index in [1.54, 1.807) is 0 Å². The van der Waals surface area contributed by atoms with Crippen molar-refractivity contribution in [1.82, 2.24) is 24.9 Å². The number of ether oxygens (including phenoxy) is 1. The molecule has 7 heteroatoms. The van der Waals surface area contributed by atoms with Crippen LogP contribution in [0.15, 0.2) is 85.3 Å². The van der Waals surface area contributed by atoms with Gasteiger partial charge in [-0.3, -0.25) is 9.50 Å². The fraction of sp³-hybridized carbons (Fsp3) is 0.258. The number of aromatic amines is 1. The van der Waals surface area contributed by atoms with Crippen LogP contribution in [0, 0.1) is 0 Å². The Balaban J connectivity index is 1.42. The van der Waals surface area contributed by atoms with Crippen molar-refractivity contribution in [2.75, 3.05) is 0 Å². The van der Waals surface area contributed by atoms with Crippen molar-refractivity contribution in [2.24, 2.45) is 0 Å². The van der Waals surface area contributed by atoms with Gasteiger partial charge in [0, 0.05) is 34.6 Å². The summed E-state index contributed by atoms with van der Waals surface area (Å²) in [6.45, 7) is 5.64. The third kappa shape index (κ3) is 4.34. The molecule has 0 radical (unpaired) electrons. The quantitative estimate of drug-likeness (QED) is 0.270. The Labute approximate surface area is 221 Å². The van der Waals surface area contributed by atoms with E-state index in [9.17, 15) is 4.79 Å². The Morgan fingerprint density at radius 2 is 1.74 bits per heavy atom. The lowest BCUT2D eigenvalue weighted by Gasteiger charge is -2.43. The van der Waals surface area contributed by atoms with Gasteiger partial charge in [-0.15, -0.1) is 0 Å². The molecule has 1 aliphatic rings. The first-order valence-electron chi connectivity index (χ1n) is 13.0. The molecule has 0 saturated heterocycles. The molecule has 3 heterocycles. The van der Waals surface area contributed by atoms with E-state index in [-0.39, 0.29) is 6.09 Å². The first-order chi connectivity index (χ1) is 18.3. The van der Waals surface area contributed by atoms with Crippen molar-refractivity contribution in [3.63, 3.8) is 0 Å². The predicted molar refractivity (Wildman–Crippen MR) is 149 cm³/mol. The molecule has 0 spiro atoms. The van der Waals surface area contributed by atoms with E-state index in [2.05, 4.69) is 68.6 Å². The topological polar surface area (TPSA) is 84.3 Å². The number of benzene rings is 2. The summed E-state index contributed by atoms with van der Waals surface area (Å²) in [6.07, 6.45) is 8.23. The second kappa shape index (κ2) is 9.17. The molecule has 5 aromatic rings. The van der Waals surface area contributed by atoms with Crippen LogP contribution in [0.4, 0.5) is 4.79 Å². The zero-order chi connectivity index (χ0) is 26.3. The third-order valence-corrected chi connectivity index (χ3v) is 7.16. The molecule has 192 valence electrons. The van der Waals surface area contributed by atoms with Crippen molar-refractivity contribution in [3.8, 4) is 33.6 Å². The molecule has 0 unspecified atom stereocenters. The second-order valence-electron chi connectivity index (χ2n) is 10.9. The number of rotatable bonds is 5. The molecule has 6 rings (SSSR count). The van der Waals surface area contributed by atoms with Gasteiger partial charge >= 0.3 is 6.09 Å². The van der Waals surface area contributed by atoms with Gasteiger partial charge in [-0.2, -0.15) is 5.10 Å². The van der Waals surface area contributed by atoms with E-state index in [0.717, 1.165) is 64.1 Å². The summed E-state index contributed by atoms with van der Waals surface area (Å²) in [6, 6.07) is 22.9. The van der Waals surface area contributed by atoms with Crippen molar-refractivity contribution >= 4 is 11.7 Å². The van der Waals surface area contributed by atoms with Gasteiger partial charge in [0.15, 0.2) is 0 Å². The molecule has 1 aliphatic carbocycles. The summed E-state index contributed by atoms with van der Waals surface area (Å²) >= 11 is 0. The fourth-order valence-corrected chi connectivity index (χ4v) is 5.23. The molecular formula is C31H31N5O2. The number of imidazole rings is 1. The normalized spacial score (nSPS) is 14.7. The largest absolute Gasteiger partial charge is 0.444 e. The monoisotopic (exact) mass is 505 g/mol. The molecule has 0 aliphatic heterocycles. The minimum atomic E-state index is -0.537. The maximum absolute atomic E-state index is 12.6. The van der Waals surface area contributed by atoms with E-state index in [1.807, 2.05) is 57.4 Å². The zero-order valence-electron chi connectivity index (χ0n) is 21.9. The molecule has 1 amide bonds. The minimum absolute atomic E-state index is 0.375. The number of nitrogens with zero attached hydrogens (tertiary/aromatic N) is 3. The lowest BCUT2D eigenvalue weighted by atomic mass is 9.71. The second-order valence-corrected chi connectivity index (χ2v) is 10.9. The first-order valence-corrected chi connectivity index (χ1v) is 13.0. The molecule has 3 aromatic heterocycles. The molecule has 1 fully saturated rings. The number of H-pyrrole nitrogens is 1. The van der Waals surface area contributed by atoms with Crippen LogP contribution < -0.4 is 5.32 Å². The smallest absolute Gasteiger partial charge is 0.408 e. The molecule has 2 N–H and O–H groups in total. The summed E-state index contributed by atoms with van der Waals surface area (Å²) in [7, 11) is 0. The van der Waals surface area contributed by atoms with Crippen LogP contribution >= 0.6 is 0 Å². The van der Waals surface area contributed by atoms with Crippen LogP contribution in [0.25, 0.3) is 39.3 Å². The zero-order valence-corrected chi connectivity index (χ0v) is 21.9. The van der Waals surface area contributed by atoms with Crippen molar-refractivity contribution < 1.29 is 9.53 Å². The van der Waals surface area contributed by atoms with Gasteiger partial charge in [-0.25, -0.2) is 9.78 Å². The Morgan fingerprint density at radius 3 is 2.37 bits per heavy atom. The Bertz CT molecular complexity index is 1580. The fourth-order valence-electron chi connectivity index (χ4n) is 5.23. The highest BCUT2D eigenvalue weighted by molar-refractivity contribution is 5.87. The van der Waals surface area contributed by atoms with Crippen LogP contribution in [-0.2, 0) is 10.3 Å². The summed E-state index contributed by atoms with van der Waals surface area (Å²) in [5.74, 6) is 0. The number of carbonyl (C=O) groups excluding carboxylic acids is 1. The van der Waals surface area contributed by atoms with E-state index in [4.69, 9.17) is 9.72 Å². The SMILES string of the molecule is CC(C)(C)OC(=O)NC1(c2ccc(-c3nc4c(-c5cn[nH]c5)cccn4c3-c3ccccc3)cc2)CCC1. The molecular weight excluding hydrogens is 474 g/mol. The Morgan fingerprint density at radius 1 is 0.974 bits per heavy atom. The maximum atomic E-state index is 12.6.